The molecular weight excluding hydrogens is 440 g/mol. The number of benzene rings is 2. The van der Waals surface area contributed by atoms with Crippen molar-refractivity contribution in [3.05, 3.63) is 65.7 Å². The number of carbonyl (C=O) groups is 2. The summed E-state index contributed by atoms with van der Waals surface area (Å²) in [6.45, 7) is 2.71. The van der Waals surface area contributed by atoms with Gasteiger partial charge in [0, 0.05) is 18.7 Å². The van der Waals surface area contributed by atoms with E-state index in [1.807, 2.05) is 6.92 Å². The molecule has 174 valence electrons. The number of halogens is 2. The molecule has 2 aromatic carbocycles. The lowest BCUT2D eigenvalue weighted by Gasteiger charge is -2.31. The number of anilines is 1. The van der Waals surface area contributed by atoms with Crippen LogP contribution in [0.25, 0.3) is 0 Å². The Kier molecular flexibility index (Phi) is 8.71. The molecule has 1 atom stereocenters. The van der Waals surface area contributed by atoms with Crippen molar-refractivity contribution >= 4 is 27.5 Å². The lowest BCUT2D eigenvalue weighted by molar-refractivity contribution is -0.139. The zero-order chi connectivity index (χ0) is 23.9. The van der Waals surface area contributed by atoms with Gasteiger partial charge in [0.2, 0.25) is 21.8 Å². The second-order valence-electron chi connectivity index (χ2n) is 7.30. The Morgan fingerprint density at radius 3 is 2.19 bits per heavy atom. The molecule has 0 aliphatic rings. The molecule has 0 saturated heterocycles. The van der Waals surface area contributed by atoms with E-state index >= 15 is 0 Å². The van der Waals surface area contributed by atoms with Gasteiger partial charge in [-0.05, 0) is 31.5 Å². The summed E-state index contributed by atoms with van der Waals surface area (Å²) in [6.07, 6.45) is 1.53. The minimum atomic E-state index is -4.04. The van der Waals surface area contributed by atoms with Crippen LogP contribution in [-0.4, -0.2) is 50.5 Å². The third kappa shape index (κ3) is 6.49. The highest BCUT2D eigenvalue weighted by atomic mass is 32.2. The maximum Gasteiger partial charge on any atom is 0.244 e. The highest BCUT2D eigenvalue weighted by Gasteiger charge is 2.31. The number of hydrogen-bond donors (Lipinski definition) is 1. The molecule has 0 aliphatic heterocycles. The molecule has 2 aromatic rings. The van der Waals surface area contributed by atoms with E-state index in [9.17, 15) is 26.8 Å². The SMILES string of the molecule is CCCNC(=O)C(C)N(Cc1ccccc1F)C(=O)CN(c1ccccc1F)S(C)(=O)=O. The van der Waals surface area contributed by atoms with E-state index < -0.39 is 46.1 Å². The van der Waals surface area contributed by atoms with Crippen molar-refractivity contribution in [2.75, 3.05) is 23.7 Å². The molecule has 0 spiro atoms. The van der Waals surface area contributed by atoms with Crippen LogP contribution >= 0.6 is 0 Å². The van der Waals surface area contributed by atoms with Gasteiger partial charge in [0.25, 0.3) is 0 Å². The van der Waals surface area contributed by atoms with Gasteiger partial charge in [-0.3, -0.25) is 13.9 Å². The van der Waals surface area contributed by atoms with Gasteiger partial charge in [-0.25, -0.2) is 17.2 Å². The van der Waals surface area contributed by atoms with Crippen molar-refractivity contribution in [2.45, 2.75) is 32.9 Å². The summed E-state index contributed by atoms with van der Waals surface area (Å²) >= 11 is 0. The minimum absolute atomic E-state index is 0.160. The second-order valence-corrected chi connectivity index (χ2v) is 9.21. The monoisotopic (exact) mass is 467 g/mol. The lowest BCUT2D eigenvalue weighted by atomic mass is 10.1. The van der Waals surface area contributed by atoms with Crippen LogP contribution in [0.4, 0.5) is 14.5 Å². The summed E-state index contributed by atoms with van der Waals surface area (Å²) in [5, 5.41) is 2.67. The first kappa shape index (κ1) is 25.3. The second kappa shape index (κ2) is 11.0. The summed E-state index contributed by atoms with van der Waals surface area (Å²) in [5.74, 6) is -2.63. The summed E-state index contributed by atoms with van der Waals surface area (Å²) in [5.41, 5.74) is -0.134. The van der Waals surface area contributed by atoms with Gasteiger partial charge in [0.1, 0.15) is 24.2 Å². The van der Waals surface area contributed by atoms with Crippen molar-refractivity contribution in [1.29, 1.82) is 0 Å². The zero-order valence-corrected chi connectivity index (χ0v) is 19.0. The van der Waals surface area contributed by atoms with Crippen LogP contribution in [0.1, 0.15) is 25.8 Å². The molecule has 2 rings (SSSR count). The van der Waals surface area contributed by atoms with Crippen LogP contribution < -0.4 is 9.62 Å². The van der Waals surface area contributed by atoms with E-state index in [-0.39, 0.29) is 17.8 Å². The van der Waals surface area contributed by atoms with E-state index in [2.05, 4.69) is 5.32 Å². The van der Waals surface area contributed by atoms with Gasteiger partial charge in [-0.15, -0.1) is 0 Å². The van der Waals surface area contributed by atoms with Crippen LogP contribution in [0.2, 0.25) is 0 Å². The molecule has 0 bridgehead atoms. The standard InChI is InChI=1S/C22H27F2N3O4S/c1-4-13-25-22(29)16(2)26(14-17-9-5-6-10-18(17)23)21(28)15-27(32(3,30)31)20-12-8-7-11-19(20)24/h5-12,16H,4,13-15H2,1-3H3,(H,25,29). The lowest BCUT2D eigenvalue weighted by Crippen LogP contribution is -2.51. The number of hydrogen-bond acceptors (Lipinski definition) is 4. The summed E-state index contributed by atoms with van der Waals surface area (Å²) in [6, 6.07) is 9.91. The maximum atomic E-state index is 14.3. The number of para-hydroxylation sites is 1. The molecule has 0 fully saturated rings. The van der Waals surface area contributed by atoms with Crippen molar-refractivity contribution in [3.8, 4) is 0 Å². The molecule has 0 aromatic heterocycles. The Labute approximate surface area is 187 Å². The molecule has 0 radical (unpaired) electrons. The van der Waals surface area contributed by atoms with Crippen LogP contribution in [0.3, 0.4) is 0 Å². The molecule has 1 unspecified atom stereocenters. The summed E-state index contributed by atoms with van der Waals surface area (Å²) in [7, 11) is -4.04. The average Bonchev–Trinajstić information content (AvgIpc) is 2.74. The fourth-order valence-corrected chi connectivity index (χ4v) is 3.89. The highest BCUT2D eigenvalue weighted by molar-refractivity contribution is 7.92. The summed E-state index contributed by atoms with van der Waals surface area (Å²) < 4.78 is 53.9. The Morgan fingerprint density at radius 2 is 1.62 bits per heavy atom. The Bertz CT molecular complexity index is 1060. The first-order chi connectivity index (χ1) is 15.1. The molecule has 10 heteroatoms. The van der Waals surface area contributed by atoms with E-state index in [1.165, 1.54) is 43.3 Å². The number of amides is 2. The van der Waals surface area contributed by atoms with Gasteiger partial charge in [0.15, 0.2) is 0 Å². The van der Waals surface area contributed by atoms with Gasteiger partial charge in [-0.2, -0.15) is 0 Å². The smallest absolute Gasteiger partial charge is 0.244 e. The van der Waals surface area contributed by atoms with Crippen LogP contribution in [-0.2, 0) is 26.2 Å². The van der Waals surface area contributed by atoms with Crippen molar-refractivity contribution in [2.24, 2.45) is 0 Å². The number of carbonyl (C=O) groups excluding carboxylic acids is 2. The minimum Gasteiger partial charge on any atom is -0.354 e. The van der Waals surface area contributed by atoms with E-state index in [1.54, 1.807) is 6.07 Å². The number of nitrogens with one attached hydrogen (secondary N) is 1. The molecule has 2 amide bonds. The number of sulfonamides is 1. The predicted molar refractivity (Wildman–Crippen MR) is 118 cm³/mol. The Morgan fingerprint density at radius 1 is 1.03 bits per heavy atom. The normalized spacial score (nSPS) is 12.2. The third-order valence-electron chi connectivity index (χ3n) is 4.82. The third-order valence-corrected chi connectivity index (χ3v) is 5.94. The number of rotatable bonds is 10. The molecule has 0 aliphatic carbocycles. The van der Waals surface area contributed by atoms with Crippen molar-refractivity contribution < 1.29 is 26.8 Å². The van der Waals surface area contributed by atoms with Crippen LogP contribution in [0, 0.1) is 11.6 Å². The van der Waals surface area contributed by atoms with Gasteiger partial charge in [0.05, 0.1) is 11.9 Å². The first-order valence-electron chi connectivity index (χ1n) is 10.1. The quantitative estimate of drug-likeness (QED) is 0.582. The zero-order valence-electron chi connectivity index (χ0n) is 18.2. The van der Waals surface area contributed by atoms with Gasteiger partial charge >= 0.3 is 0 Å². The fourth-order valence-electron chi connectivity index (χ4n) is 3.04. The van der Waals surface area contributed by atoms with E-state index in [0.717, 1.165) is 17.2 Å². The molecule has 32 heavy (non-hydrogen) atoms. The first-order valence-corrected chi connectivity index (χ1v) is 11.9. The Balaban J connectivity index is 2.40. The Hall–Kier alpha value is -3.01. The molecular formula is C22H27F2N3O4S. The van der Waals surface area contributed by atoms with E-state index in [4.69, 9.17) is 0 Å². The molecule has 1 N–H and O–H groups in total. The van der Waals surface area contributed by atoms with E-state index in [0.29, 0.717) is 17.3 Å². The van der Waals surface area contributed by atoms with Gasteiger partial charge in [-0.1, -0.05) is 37.3 Å². The number of nitrogens with zero attached hydrogens (tertiary/aromatic N) is 2. The largest absolute Gasteiger partial charge is 0.354 e. The maximum absolute atomic E-state index is 14.3. The summed E-state index contributed by atoms with van der Waals surface area (Å²) in [4.78, 5) is 26.8. The van der Waals surface area contributed by atoms with Crippen LogP contribution in [0.5, 0.6) is 0 Å². The predicted octanol–water partition coefficient (Wildman–Crippen LogP) is 2.67. The van der Waals surface area contributed by atoms with Crippen molar-refractivity contribution in [1.82, 2.24) is 10.2 Å². The molecule has 0 saturated carbocycles. The molecule has 7 nitrogen and oxygen atoms in total. The fraction of sp³-hybridized carbons (Fsp3) is 0.364. The van der Waals surface area contributed by atoms with Gasteiger partial charge < -0.3 is 10.2 Å². The van der Waals surface area contributed by atoms with Crippen LogP contribution in [0.15, 0.2) is 48.5 Å². The highest BCUT2D eigenvalue weighted by Crippen LogP contribution is 2.22. The molecule has 0 heterocycles. The van der Waals surface area contributed by atoms with Crippen molar-refractivity contribution in [3.63, 3.8) is 0 Å². The average molecular weight is 468 g/mol. The topological polar surface area (TPSA) is 86.8 Å².